The number of rotatable bonds is 7. The van der Waals surface area contributed by atoms with Crippen LogP contribution in [0.5, 0.6) is 5.75 Å². The summed E-state index contributed by atoms with van der Waals surface area (Å²) in [6.07, 6.45) is 11.0. The summed E-state index contributed by atoms with van der Waals surface area (Å²) in [5, 5.41) is 0. The van der Waals surface area contributed by atoms with Crippen molar-refractivity contribution in [2.24, 2.45) is 17.8 Å². The fraction of sp³-hybridized carbons (Fsp3) is 0.667. The third kappa shape index (κ3) is 7.04. The van der Waals surface area contributed by atoms with Gasteiger partial charge in [-0.15, -0.1) is 13.2 Å². The van der Waals surface area contributed by atoms with Crippen LogP contribution >= 0.6 is 0 Å². The highest BCUT2D eigenvalue weighted by Crippen LogP contribution is 2.44. The van der Waals surface area contributed by atoms with E-state index in [1.54, 1.807) is 12.1 Å². The predicted molar refractivity (Wildman–Crippen MR) is 108 cm³/mol. The lowest BCUT2D eigenvalue weighted by Gasteiger charge is -2.37. The molecule has 2 aliphatic carbocycles. The molecule has 1 nitrogen and oxygen atoms in total. The lowest BCUT2D eigenvalue weighted by molar-refractivity contribution is -0.274. The van der Waals surface area contributed by atoms with Gasteiger partial charge >= 0.3 is 6.36 Å². The van der Waals surface area contributed by atoms with Gasteiger partial charge in [0, 0.05) is 0 Å². The minimum Gasteiger partial charge on any atom is -0.406 e. The zero-order valence-electron chi connectivity index (χ0n) is 17.0. The van der Waals surface area contributed by atoms with Crippen LogP contribution in [0.4, 0.5) is 17.6 Å². The van der Waals surface area contributed by atoms with Gasteiger partial charge in [0.25, 0.3) is 0 Å². The summed E-state index contributed by atoms with van der Waals surface area (Å²) in [4.78, 5) is 0. The summed E-state index contributed by atoms with van der Waals surface area (Å²) >= 11 is 0. The standard InChI is InChI=1S/C24H32F4O/c25-17-3-1-2-4-18-5-7-19(8-6-18)20-9-11-21(12-10-20)22-13-15-23(16-14-22)29-24(26,27)28/h2,4,13-16,18-21H,1,3,5-12,17H2/b4-2+/t18-,19-,20?,21?. The van der Waals surface area contributed by atoms with E-state index in [2.05, 4.69) is 16.9 Å². The molecule has 0 radical (unpaired) electrons. The van der Waals surface area contributed by atoms with Crippen molar-refractivity contribution in [1.29, 1.82) is 0 Å². The van der Waals surface area contributed by atoms with Crippen molar-refractivity contribution in [2.45, 2.75) is 76.5 Å². The molecule has 0 atom stereocenters. The normalized spacial score (nSPS) is 28.6. The molecular weight excluding hydrogens is 380 g/mol. The summed E-state index contributed by atoms with van der Waals surface area (Å²) < 4.78 is 53.0. The van der Waals surface area contributed by atoms with Gasteiger partial charge in [-0.25, -0.2) is 0 Å². The molecule has 29 heavy (non-hydrogen) atoms. The van der Waals surface area contributed by atoms with Gasteiger partial charge in [-0.2, -0.15) is 0 Å². The molecule has 162 valence electrons. The van der Waals surface area contributed by atoms with Crippen LogP contribution in [0.2, 0.25) is 0 Å². The summed E-state index contributed by atoms with van der Waals surface area (Å²) in [7, 11) is 0. The van der Waals surface area contributed by atoms with Crippen molar-refractivity contribution in [3.05, 3.63) is 42.0 Å². The summed E-state index contributed by atoms with van der Waals surface area (Å²) in [5.41, 5.74) is 1.13. The van der Waals surface area contributed by atoms with Crippen LogP contribution in [-0.4, -0.2) is 13.0 Å². The first-order valence-corrected chi connectivity index (χ1v) is 11.0. The molecule has 0 amide bonds. The van der Waals surface area contributed by atoms with Gasteiger partial charge in [-0.3, -0.25) is 4.39 Å². The molecule has 1 aromatic rings. The predicted octanol–water partition coefficient (Wildman–Crippen LogP) is 7.97. The minimum absolute atomic E-state index is 0.148. The zero-order chi connectivity index (χ0) is 20.7. The quantitative estimate of drug-likeness (QED) is 0.251. The van der Waals surface area contributed by atoms with Crippen molar-refractivity contribution in [1.82, 2.24) is 0 Å². The minimum atomic E-state index is -4.64. The average molecular weight is 413 g/mol. The van der Waals surface area contributed by atoms with Crippen molar-refractivity contribution in [3.8, 4) is 5.75 Å². The summed E-state index contributed by atoms with van der Waals surface area (Å²) in [5.74, 6) is 2.57. The monoisotopic (exact) mass is 412 g/mol. The maximum Gasteiger partial charge on any atom is 0.573 e. The first-order chi connectivity index (χ1) is 13.9. The van der Waals surface area contributed by atoms with Crippen molar-refractivity contribution < 1.29 is 22.3 Å². The van der Waals surface area contributed by atoms with E-state index in [9.17, 15) is 17.6 Å². The van der Waals surface area contributed by atoms with E-state index in [1.807, 2.05) is 0 Å². The van der Waals surface area contributed by atoms with Crippen molar-refractivity contribution in [2.75, 3.05) is 6.67 Å². The van der Waals surface area contributed by atoms with E-state index in [0.29, 0.717) is 18.3 Å². The smallest absolute Gasteiger partial charge is 0.406 e. The van der Waals surface area contributed by atoms with E-state index in [0.717, 1.165) is 36.7 Å². The van der Waals surface area contributed by atoms with E-state index in [-0.39, 0.29) is 12.4 Å². The number of hydrogen-bond acceptors (Lipinski definition) is 1. The van der Waals surface area contributed by atoms with E-state index in [1.165, 1.54) is 50.7 Å². The van der Waals surface area contributed by atoms with E-state index >= 15 is 0 Å². The first kappa shape index (κ1) is 22.2. The molecule has 0 spiro atoms. The maximum atomic E-state index is 12.3. The van der Waals surface area contributed by atoms with Crippen LogP contribution in [-0.2, 0) is 0 Å². The SMILES string of the molecule is FCCC/C=C/[C@H]1CC[C@H](C2CCC(c3ccc(OC(F)(F)F)cc3)CC2)CC1. The van der Waals surface area contributed by atoms with Gasteiger partial charge in [-0.05, 0) is 106 Å². The highest BCUT2D eigenvalue weighted by Gasteiger charge is 2.32. The number of hydrogen-bond donors (Lipinski definition) is 0. The average Bonchev–Trinajstić information content (AvgIpc) is 2.71. The Morgan fingerprint density at radius 3 is 2.00 bits per heavy atom. The molecule has 2 saturated carbocycles. The molecule has 3 rings (SSSR count). The second kappa shape index (κ2) is 10.5. The molecule has 2 fully saturated rings. The van der Waals surface area contributed by atoms with Crippen LogP contribution in [0.25, 0.3) is 0 Å². The molecule has 0 heterocycles. The lowest BCUT2D eigenvalue weighted by Crippen LogP contribution is -2.25. The zero-order valence-corrected chi connectivity index (χ0v) is 17.0. The van der Waals surface area contributed by atoms with Gasteiger partial charge in [-0.1, -0.05) is 24.3 Å². The van der Waals surface area contributed by atoms with Gasteiger partial charge in [0.2, 0.25) is 0 Å². The van der Waals surface area contributed by atoms with E-state index in [4.69, 9.17) is 0 Å². The van der Waals surface area contributed by atoms with E-state index < -0.39 is 6.36 Å². The van der Waals surface area contributed by atoms with Gasteiger partial charge in [0.1, 0.15) is 5.75 Å². The Labute approximate surface area is 171 Å². The Balaban J connectivity index is 1.41. The highest BCUT2D eigenvalue weighted by atomic mass is 19.4. The number of unbranched alkanes of at least 4 members (excludes halogenated alkanes) is 1. The lowest BCUT2D eigenvalue weighted by atomic mass is 9.68. The molecule has 1 aromatic carbocycles. The Kier molecular flexibility index (Phi) is 8.02. The van der Waals surface area contributed by atoms with Gasteiger partial charge in [0.15, 0.2) is 0 Å². The van der Waals surface area contributed by atoms with Crippen molar-refractivity contribution >= 4 is 0 Å². The Bertz CT molecular complexity index is 621. The molecule has 2 aliphatic rings. The summed E-state index contributed by atoms with van der Waals surface area (Å²) in [6.45, 7) is -0.231. The molecule has 0 unspecified atom stereocenters. The Morgan fingerprint density at radius 1 is 0.862 bits per heavy atom. The number of halogens is 4. The second-order valence-corrected chi connectivity index (χ2v) is 8.66. The molecular formula is C24H32F4O. The Hall–Kier alpha value is -1.52. The van der Waals surface area contributed by atoms with Crippen molar-refractivity contribution in [3.63, 3.8) is 0 Å². The Morgan fingerprint density at radius 2 is 1.45 bits per heavy atom. The first-order valence-electron chi connectivity index (χ1n) is 11.0. The van der Waals surface area contributed by atoms with Gasteiger partial charge < -0.3 is 4.74 Å². The molecule has 0 N–H and O–H groups in total. The number of benzene rings is 1. The topological polar surface area (TPSA) is 9.23 Å². The third-order valence-corrected chi connectivity index (χ3v) is 6.75. The van der Waals surface area contributed by atoms with Crippen LogP contribution in [0.15, 0.2) is 36.4 Å². The number of alkyl halides is 4. The van der Waals surface area contributed by atoms with Crippen LogP contribution in [0, 0.1) is 17.8 Å². The largest absolute Gasteiger partial charge is 0.573 e. The van der Waals surface area contributed by atoms with Crippen LogP contribution in [0.3, 0.4) is 0 Å². The highest BCUT2D eigenvalue weighted by molar-refractivity contribution is 5.29. The fourth-order valence-corrected chi connectivity index (χ4v) is 5.16. The number of ether oxygens (including phenoxy) is 1. The third-order valence-electron chi connectivity index (χ3n) is 6.75. The summed E-state index contributed by atoms with van der Waals surface area (Å²) in [6, 6.07) is 6.42. The number of allylic oxidation sites excluding steroid dienone is 2. The molecule has 0 aromatic heterocycles. The molecule has 0 bridgehead atoms. The van der Waals surface area contributed by atoms with Crippen LogP contribution in [0.1, 0.15) is 75.7 Å². The molecule has 5 heteroatoms. The molecule has 0 aliphatic heterocycles. The van der Waals surface area contributed by atoms with Crippen LogP contribution < -0.4 is 4.74 Å². The van der Waals surface area contributed by atoms with Gasteiger partial charge in [0.05, 0.1) is 6.67 Å². The fourth-order valence-electron chi connectivity index (χ4n) is 5.16. The maximum absolute atomic E-state index is 12.3. The second-order valence-electron chi connectivity index (χ2n) is 8.66. The molecule has 0 saturated heterocycles.